The van der Waals surface area contributed by atoms with Gasteiger partial charge >= 0.3 is 0 Å². The van der Waals surface area contributed by atoms with Gasteiger partial charge in [0, 0.05) is 24.7 Å². The second-order valence-electron chi connectivity index (χ2n) is 3.25. The van der Waals surface area contributed by atoms with Crippen molar-refractivity contribution < 1.29 is 10.0 Å². The van der Waals surface area contributed by atoms with Gasteiger partial charge in [-0.15, -0.1) is 0 Å². The predicted molar refractivity (Wildman–Crippen MR) is 56.6 cm³/mol. The minimum absolute atomic E-state index is 0.0807. The van der Waals surface area contributed by atoms with Crippen LogP contribution < -0.4 is 5.32 Å². The first-order valence-electron chi connectivity index (χ1n) is 4.73. The molecule has 2 N–H and O–H groups in total. The molecule has 1 atom stereocenters. The molecule has 1 rings (SSSR count). The Kier molecular flexibility index (Phi) is 4.20. The van der Waals surface area contributed by atoms with Crippen LogP contribution in [-0.4, -0.2) is 23.2 Å². The fraction of sp³-hybridized carbons (Fsp3) is 0.400. The molecule has 82 valence electrons. The van der Waals surface area contributed by atoms with Crippen LogP contribution in [0.4, 0.5) is 5.69 Å². The van der Waals surface area contributed by atoms with Crippen molar-refractivity contribution in [2.75, 3.05) is 13.2 Å². The number of benzene rings is 1. The lowest BCUT2D eigenvalue weighted by molar-refractivity contribution is -0.384. The lowest BCUT2D eigenvalue weighted by atomic mass is 10.1. The van der Waals surface area contributed by atoms with Crippen LogP contribution in [0.25, 0.3) is 0 Å². The van der Waals surface area contributed by atoms with Crippen LogP contribution in [0.2, 0.25) is 0 Å². The molecule has 0 aliphatic carbocycles. The molecule has 1 aromatic rings. The highest BCUT2D eigenvalue weighted by molar-refractivity contribution is 5.33. The van der Waals surface area contributed by atoms with Gasteiger partial charge in [0.2, 0.25) is 0 Å². The average Bonchev–Trinajstić information content (AvgIpc) is 2.26. The topological polar surface area (TPSA) is 75.4 Å². The lowest BCUT2D eigenvalue weighted by Crippen LogP contribution is -2.21. The van der Waals surface area contributed by atoms with E-state index < -0.39 is 4.92 Å². The standard InChI is InChI=1S/C10H14N2O3/c1-8(11-6-7-13)9-2-4-10(5-3-9)12(14)15/h2-5,8,11,13H,6-7H2,1H3/t8-/m1/s1. The molecule has 0 bridgehead atoms. The molecular weight excluding hydrogens is 196 g/mol. The minimum Gasteiger partial charge on any atom is -0.395 e. The Balaban J connectivity index is 2.66. The summed E-state index contributed by atoms with van der Waals surface area (Å²) in [6.45, 7) is 2.53. The number of nitrogens with one attached hydrogen (secondary N) is 1. The maximum absolute atomic E-state index is 10.4. The Hall–Kier alpha value is -1.46. The molecule has 15 heavy (non-hydrogen) atoms. The molecule has 5 nitrogen and oxygen atoms in total. The van der Waals surface area contributed by atoms with Crippen molar-refractivity contribution in [2.45, 2.75) is 13.0 Å². The third kappa shape index (κ3) is 3.30. The molecule has 0 aliphatic rings. The highest BCUT2D eigenvalue weighted by Gasteiger charge is 2.07. The zero-order valence-electron chi connectivity index (χ0n) is 8.51. The van der Waals surface area contributed by atoms with Crippen molar-refractivity contribution in [3.05, 3.63) is 39.9 Å². The van der Waals surface area contributed by atoms with Crippen molar-refractivity contribution in [3.63, 3.8) is 0 Å². The summed E-state index contributed by atoms with van der Waals surface area (Å²) in [5, 5.41) is 22.1. The fourth-order valence-electron chi connectivity index (χ4n) is 1.28. The summed E-state index contributed by atoms with van der Waals surface area (Å²) in [6.07, 6.45) is 0. The van der Waals surface area contributed by atoms with Crippen LogP contribution in [0.15, 0.2) is 24.3 Å². The summed E-state index contributed by atoms with van der Waals surface area (Å²) in [5.41, 5.74) is 1.06. The Morgan fingerprint density at radius 3 is 2.53 bits per heavy atom. The average molecular weight is 210 g/mol. The van der Waals surface area contributed by atoms with E-state index in [9.17, 15) is 10.1 Å². The third-order valence-corrected chi connectivity index (χ3v) is 2.17. The maximum atomic E-state index is 10.4. The van der Waals surface area contributed by atoms with Gasteiger partial charge in [-0.3, -0.25) is 10.1 Å². The Morgan fingerprint density at radius 2 is 2.07 bits per heavy atom. The van der Waals surface area contributed by atoms with E-state index in [1.807, 2.05) is 6.92 Å². The van der Waals surface area contributed by atoms with Crippen LogP contribution >= 0.6 is 0 Å². The molecule has 0 aliphatic heterocycles. The van der Waals surface area contributed by atoms with Crippen molar-refractivity contribution in [1.29, 1.82) is 0 Å². The van der Waals surface area contributed by atoms with Crippen molar-refractivity contribution in [1.82, 2.24) is 5.32 Å². The SMILES string of the molecule is C[C@@H](NCCO)c1ccc([N+](=O)[O-])cc1. The largest absolute Gasteiger partial charge is 0.395 e. The smallest absolute Gasteiger partial charge is 0.269 e. The number of nitrogens with zero attached hydrogens (tertiary/aromatic N) is 1. The number of hydrogen-bond donors (Lipinski definition) is 2. The van der Waals surface area contributed by atoms with Gasteiger partial charge in [-0.05, 0) is 12.5 Å². The third-order valence-electron chi connectivity index (χ3n) is 2.17. The van der Waals surface area contributed by atoms with E-state index in [1.54, 1.807) is 12.1 Å². The number of hydrogen-bond acceptors (Lipinski definition) is 4. The molecule has 0 aromatic heterocycles. The maximum Gasteiger partial charge on any atom is 0.269 e. The van der Waals surface area contributed by atoms with Gasteiger partial charge in [0.1, 0.15) is 0 Å². The van der Waals surface area contributed by atoms with Gasteiger partial charge in [0.05, 0.1) is 11.5 Å². The summed E-state index contributed by atoms with van der Waals surface area (Å²) in [7, 11) is 0. The first kappa shape index (κ1) is 11.6. The van der Waals surface area contributed by atoms with E-state index in [0.717, 1.165) is 5.56 Å². The second-order valence-corrected chi connectivity index (χ2v) is 3.25. The zero-order chi connectivity index (χ0) is 11.3. The van der Waals surface area contributed by atoms with Crippen molar-refractivity contribution in [2.24, 2.45) is 0 Å². The van der Waals surface area contributed by atoms with Crippen LogP contribution in [0.1, 0.15) is 18.5 Å². The van der Waals surface area contributed by atoms with Crippen molar-refractivity contribution >= 4 is 5.69 Å². The second kappa shape index (κ2) is 5.43. The number of nitro groups is 1. The molecule has 0 saturated heterocycles. The van der Waals surface area contributed by atoms with Gasteiger partial charge in [-0.1, -0.05) is 12.1 Å². The molecule has 5 heteroatoms. The van der Waals surface area contributed by atoms with E-state index in [2.05, 4.69) is 5.32 Å². The summed E-state index contributed by atoms with van der Waals surface area (Å²) in [6, 6.07) is 6.47. The summed E-state index contributed by atoms with van der Waals surface area (Å²) in [5.74, 6) is 0. The van der Waals surface area contributed by atoms with Gasteiger partial charge in [-0.2, -0.15) is 0 Å². The highest BCUT2D eigenvalue weighted by Crippen LogP contribution is 2.16. The number of rotatable bonds is 5. The van der Waals surface area contributed by atoms with Crippen molar-refractivity contribution in [3.8, 4) is 0 Å². The van der Waals surface area contributed by atoms with Crippen LogP contribution in [0, 0.1) is 10.1 Å². The Bertz CT molecular complexity index is 324. The minimum atomic E-state index is -0.421. The number of aliphatic hydroxyl groups excluding tert-OH is 1. The van der Waals surface area contributed by atoms with Crippen LogP contribution in [0.3, 0.4) is 0 Å². The summed E-state index contributed by atoms with van der Waals surface area (Å²) in [4.78, 5) is 9.99. The molecule has 1 aromatic carbocycles. The molecule has 0 heterocycles. The van der Waals surface area contributed by atoms with Crippen LogP contribution in [-0.2, 0) is 0 Å². The molecule has 0 amide bonds. The number of aliphatic hydroxyl groups is 1. The molecule has 0 fully saturated rings. The summed E-state index contributed by atoms with van der Waals surface area (Å²) >= 11 is 0. The first-order chi connectivity index (χ1) is 7.15. The Morgan fingerprint density at radius 1 is 1.47 bits per heavy atom. The molecule has 0 saturated carbocycles. The van der Waals surface area contributed by atoms with E-state index in [0.29, 0.717) is 6.54 Å². The molecular formula is C10H14N2O3. The monoisotopic (exact) mass is 210 g/mol. The van der Waals surface area contributed by atoms with Gasteiger partial charge in [0.25, 0.3) is 5.69 Å². The van der Waals surface area contributed by atoms with Crippen LogP contribution in [0.5, 0.6) is 0 Å². The van der Waals surface area contributed by atoms with Gasteiger partial charge in [-0.25, -0.2) is 0 Å². The Labute approximate surface area is 87.9 Å². The van der Waals surface area contributed by atoms with E-state index in [-0.39, 0.29) is 18.3 Å². The van der Waals surface area contributed by atoms with Gasteiger partial charge < -0.3 is 10.4 Å². The number of nitro benzene ring substituents is 1. The van der Waals surface area contributed by atoms with E-state index in [4.69, 9.17) is 5.11 Å². The zero-order valence-corrected chi connectivity index (χ0v) is 8.51. The molecule has 0 spiro atoms. The highest BCUT2D eigenvalue weighted by atomic mass is 16.6. The lowest BCUT2D eigenvalue weighted by Gasteiger charge is -2.12. The summed E-state index contributed by atoms with van der Waals surface area (Å²) < 4.78 is 0. The molecule has 0 radical (unpaired) electrons. The quantitative estimate of drug-likeness (QED) is 0.566. The predicted octanol–water partition coefficient (Wildman–Crippen LogP) is 1.24. The normalized spacial score (nSPS) is 12.4. The van der Waals surface area contributed by atoms with E-state index in [1.165, 1.54) is 12.1 Å². The molecule has 0 unspecified atom stereocenters. The van der Waals surface area contributed by atoms with Gasteiger partial charge in [0.15, 0.2) is 0 Å². The fourth-order valence-corrected chi connectivity index (χ4v) is 1.28. The first-order valence-corrected chi connectivity index (χ1v) is 4.73. The number of non-ortho nitro benzene ring substituents is 1. The van der Waals surface area contributed by atoms with E-state index >= 15 is 0 Å².